The molecule has 3 N–H and O–H groups in total. The second-order valence-electron chi connectivity index (χ2n) is 8.67. The summed E-state index contributed by atoms with van der Waals surface area (Å²) >= 11 is 3.45. The maximum atomic E-state index is 13.3. The number of hydrogen-bond donors (Lipinski definition) is 3. The van der Waals surface area contributed by atoms with E-state index in [9.17, 15) is 14.7 Å². The molecule has 7 nitrogen and oxygen atoms in total. The molecule has 2 aliphatic rings. The van der Waals surface area contributed by atoms with E-state index in [-0.39, 0.29) is 23.9 Å². The molecule has 2 aromatic rings. The average molecular weight is 475 g/mol. The maximum absolute atomic E-state index is 13.3. The van der Waals surface area contributed by atoms with Gasteiger partial charge in [0.2, 0.25) is 5.91 Å². The van der Waals surface area contributed by atoms with Crippen LogP contribution in [0, 0.1) is 11.8 Å². The van der Waals surface area contributed by atoms with Crippen molar-refractivity contribution < 1.29 is 14.7 Å². The molecule has 2 heterocycles. The molecule has 2 fully saturated rings. The molecule has 0 spiro atoms. The Kier molecular flexibility index (Phi) is 5.86. The fourth-order valence-electron chi connectivity index (χ4n) is 4.95. The van der Waals surface area contributed by atoms with E-state index in [0.717, 1.165) is 40.8 Å². The number of rotatable bonds is 6. The van der Waals surface area contributed by atoms with Gasteiger partial charge in [0.25, 0.3) is 0 Å². The predicted octanol–water partition coefficient (Wildman–Crippen LogP) is 4.05. The summed E-state index contributed by atoms with van der Waals surface area (Å²) in [5, 5.41) is 11.6. The number of nitrogens with zero attached hydrogens (tertiary/aromatic N) is 2. The van der Waals surface area contributed by atoms with Gasteiger partial charge < -0.3 is 20.3 Å². The minimum Gasteiger partial charge on any atom is -0.465 e. The van der Waals surface area contributed by atoms with Gasteiger partial charge in [0.05, 0.1) is 11.9 Å². The van der Waals surface area contributed by atoms with Gasteiger partial charge in [0, 0.05) is 23.0 Å². The highest BCUT2D eigenvalue weighted by atomic mass is 79.9. The summed E-state index contributed by atoms with van der Waals surface area (Å²) in [6, 6.07) is 7.57. The van der Waals surface area contributed by atoms with Crippen LogP contribution in [-0.4, -0.2) is 50.1 Å². The van der Waals surface area contributed by atoms with Crippen LogP contribution in [-0.2, 0) is 11.2 Å². The van der Waals surface area contributed by atoms with Crippen molar-refractivity contribution in [3.63, 3.8) is 0 Å². The number of halogens is 1. The summed E-state index contributed by atoms with van der Waals surface area (Å²) in [5.41, 5.74) is 2.01. The standard InChI is InChI=1S/C22H27BrN4O3/c1-12(2)20(26-22(29)30)21(28)27-16-8-5-14(9-16)18(27)10-19-24-11-17(25-19)13-3-6-15(23)7-4-13/h3-4,6-7,11-12,14,16,18,20,26H,5,8-10H2,1-2H3,(H,24,25)(H,29,30). The van der Waals surface area contributed by atoms with Crippen LogP contribution in [0.15, 0.2) is 34.9 Å². The molecular formula is C22H27BrN4O3. The van der Waals surface area contributed by atoms with E-state index in [1.165, 1.54) is 0 Å². The Morgan fingerprint density at radius 2 is 2.03 bits per heavy atom. The van der Waals surface area contributed by atoms with E-state index < -0.39 is 12.1 Å². The van der Waals surface area contributed by atoms with Crippen molar-refractivity contribution in [1.82, 2.24) is 20.2 Å². The fourth-order valence-corrected chi connectivity index (χ4v) is 5.21. The number of nitrogens with one attached hydrogen (secondary N) is 2. The van der Waals surface area contributed by atoms with Gasteiger partial charge in [0.1, 0.15) is 11.9 Å². The number of carbonyl (C=O) groups is 2. The fraction of sp³-hybridized carbons (Fsp3) is 0.500. The third-order valence-electron chi connectivity index (χ3n) is 6.39. The summed E-state index contributed by atoms with van der Waals surface area (Å²) in [6.07, 6.45) is 4.43. The first kappa shape index (κ1) is 20.9. The topological polar surface area (TPSA) is 98.3 Å². The van der Waals surface area contributed by atoms with Gasteiger partial charge in [-0.2, -0.15) is 0 Å². The molecular weight excluding hydrogens is 448 g/mol. The van der Waals surface area contributed by atoms with Gasteiger partial charge in [-0.3, -0.25) is 4.79 Å². The molecule has 1 aromatic heterocycles. The van der Waals surface area contributed by atoms with Gasteiger partial charge in [0.15, 0.2) is 0 Å². The lowest BCUT2D eigenvalue weighted by molar-refractivity contribution is -0.138. The molecule has 160 valence electrons. The number of benzene rings is 1. The number of aromatic amines is 1. The molecule has 4 rings (SSSR count). The Morgan fingerprint density at radius 1 is 1.30 bits per heavy atom. The van der Waals surface area contributed by atoms with Crippen LogP contribution in [0.2, 0.25) is 0 Å². The molecule has 1 aromatic carbocycles. The van der Waals surface area contributed by atoms with Crippen molar-refractivity contribution in [2.24, 2.45) is 11.8 Å². The first-order valence-corrected chi connectivity index (χ1v) is 11.2. The summed E-state index contributed by atoms with van der Waals surface area (Å²) < 4.78 is 1.02. The van der Waals surface area contributed by atoms with Crippen LogP contribution in [0.3, 0.4) is 0 Å². The number of hydrogen-bond acceptors (Lipinski definition) is 3. The molecule has 4 unspecified atom stereocenters. The average Bonchev–Trinajstić information content (AvgIpc) is 3.42. The highest BCUT2D eigenvalue weighted by Gasteiger charge is 2.49. The van der Waals surface area contributed by atoms with Crippen LogP contribution in [0.1, 0.15) is 38.9 Å². The summed E-state index contributed by atoms with van der Waals surface area (Å²) in [5.74, 6) is 1.08. The second kappa shape index (κ2) is 8.41. The third-order valence-corrected chi connectivity index (χ3v) is 6.92. The van der Waals surface area contributed by atoms with Gasteiger partial charge >= 0.3 is 6.09 Å². The molecule has 30 heavy (non-hydrogen) atoms. The van der Waals surface area contributed by atoms with Gasteiger partial charge in [-0.25, -0.2) is 9.78 Å². The van der Waals surface area contributed by atoms with Gasteiger partial charge in [-0.05, 0) is 48.8 Å². The number of carboxylic acid groups (broad SMARTS) is 1. The van der Waals surface area contributed by atoms with Crippen molar-refractivity contribution in [3.05, 3.63) is 40.8 Å². The van der Waals surface area contributed by atoms with Crippen LogP contribution in [0.25, 0.3) is 11.3 Å². The zero-order valence-corrected chi connectivity index (χ0v) is 18.7. The van der Waals surface area contributed by atoms with Crippen LogP contribution < -0.4 is 5.32 Å². The smallest absolute Gasteiger partial charge is 0.405 e. The lowest BCUT2D eigenvalue weighted by Crippen LogP contribution is -2.56. The summed E-state index contributed by atoms with van der Waals surface area (Å²) in [4.78, 5) is 34.5. The second-order valence-corrected chi connectivity index (χ2v) is 9.58. The highest BCUT2D eigenvalue weighted by Crippen LogP contribution is 2.44. The molecule has 2 amide bonds. The number of amides is 2. The van der Waals surface area contributed by atoms with Crippen molar-refractivity contribution in [2.75, 3.05) is 0 Å². The van der Waals surface area contributed by atoms with Crippen molar-refractivity contribution in [3.8, 4) is 11.3 Å². The molecule has 2 bridgehead atoms. The van der Waals surface area contributed by atoms with Crippen LogP contribution in [0.4, 0.5) is 4.79 Å². The van der Waals surface area contributed by atoms with Crippen molar-refractivity contribution in [2.45, 2.75) is 57.7 Å². The van der Waals surface area contributed by atoms with E-state index in [1.807, 2.05) is 49.2 Å². The van der Waals surface area contributed by atoms with Crippen molar-refractivity contribution >= 4 is 27.9 Å². The molecule has 1 aliphatic heterocycles. The Bertz CT molecular complexity index is 927. The molecule has 1 aliphatic carbocycles. The normalized spacial score (nSPS) is 23.7. The lowest BCUT2D eigenvalue weighted by atomic mass is 9.93. The number of aromatic nitrogens is 2. The summed E-state index contributed by atoms with van der Waals surface area (Å²) in [7, 11) is 0. The van der Waals surface area contributed by atoms with E-state index in [4.69, 9.17) is 0 Å². The number of H-pyrrole nitrogens is 1. The molecule has 1 saturated carbocycles. The molecule has 4 atom stereocenters. The first-order valence-electron chi connectivity index (χ1n) is 10.4. The Hall–Kier alpha value is -2.35. The number of imidazole rings is 1. The minimum absolute atomic E-state index is 0.0528. The van der Waals surface area contributed by atoms with Crippen molar-refractivity contribution in [1.29, 1.82) is 0 Å². The van der Waals surface area contributed by atoms with Crippen LogP contribution in [0.5, 0.6) is 0 Å². The number of fused-ring (bicyclic) bond motifs is 2. The summed E-state index contributed by atoms with van der Waals surface area (Å²) in [6.45, 7) is 3.75. The van der Waals surface area contributed by atoms with E-state index >= 15 is 0 Å². The number of likely N-dealkylation sites (tertiary alicyclic amines) is 1. The zero-order chi connectivity index (χ0) is 21.4. The number of carbonyl (C=O) groups excluding carboxylic acids is 1. The Balaban J connectivity index is 1.53. The lowest BCUT2D eigenvalue weighted by Gasteiger charge is -2.38. The molecule has 1 saturated heterocycles. The molecule has 0 radical (unpaired) electrons. The van der Waals surface area contributed by atoms with Gasteiger partial charge in [-0.1, -0.05) is 41.9 Å². The first-order chi connectivity index (χ1) is 14.3. The Morgan fingerprint density at radius 3 is 2.70 bits per heavy atom. The highest BCUT2D eigenvalue weighted by molar-refractivity contribution is 9.10. The van der Waals surface area contributed by atoms with E-state index in [2.05, 4.69) is 31.2 Å². The molecule has 8 heteroatoms. The third kappa shape index (κ3) is 4.10. The zero-order valence-electron chi connectivity index (χ0n) is 17.1. The number of piperidine rings is 1. The predicted molar refractivity (Wildman–Crippen MR) is 117 cm³/mol. The largest absolute Gasteiger partial charge is 0.465 e. The van der Waals surface area contributed by atoms with E-state index in [1.54, 1.807) is 0 Å². The monoisotopic (exact) mass is 474 g/mol. The van der Waals surface area contributed by atoms with E-state index in [0.29, 0.717) is 12.3 Å². The van der Waals surface area contributed by atoms with Crippen LogP contribution >= 0.6 is 15.9 Å². The SMILES string of the molecule is CC(C)C(NC(=O)O)C(=O)N1C2CCC(C2)C1Cc1ncc(-c2ccc(Br)cc2)[nH]1. The maximum Gasteiger partial charge on any atom is 0.405 e. The van der Waals surface area contributed by atoms with Gasteiger partial charge in [-0.15, -0.1) is 0 Å². The Labute approximate surface area is 184 Å². The quantitative estimate of drug-likeness (QED) is 0.587. The minimum atomic E-state index is -1.16.